The summed E-state index contributed by atoms with van der Waals surface area (Å²) in [5.74, 6) is 0. The van der Waals surface area contributed by atoms with Crippen LogP contribution in [0.4, 0.5) is 0 Å². The summed E-state index contributed by atoms with van der Waals surface area (Å²) >= 11 is 0. The van der Waals surface area contributed by atoms with Crippen LogP contribution < -0.4 is 0 Å². The Morgan fingerprint density at radius 3 is 2.38 bits per heavy atom. The highest BCUT2D eigenvalue weighted by Crippen LogP contribution is 2.15. The second kappa shape index (κ2) is 5.85. The van der Waals surface area contributed by atoms with E-state index < -0.39 is 0 Å². The summed E-state index contributed by atoms with van der Waals surface area (Å²) in [7, 11) is 0. The molecule has 1 heteroatoms. The van der Waals surface area contributed by atoms with E-state index >= 15 is 0 Å². The topological polar surface area (TPSA) is 4.93 Å². The molecular weight excluding hydrogens is 158 g/mol. The summed E-state index contributed by atoms with van der Waals surface area (Å²) in [6.45, 7) is 4.56. The van der Waals surface area contributed by atoms with Crippen molar-refractivity contribution in [2.75, 3.05) is 0 Å². The van der Waals surface area contributed by atoms with Gasteiger partial charge in [-0.1, -0.05) is 32.6 Å². The van der Waals surface area contributed by atoms with Gasteiger partial charge in [0.2, 0.25) is 0 Å². The summed E-state index contributed by atoms with van der Waals surface area (Å²) in [5, 5.41) is 0. The zero-order valence-electron chi connectivity index (χ0n) is 8.87. The molecule has 0 saturated carbocycles. The Balaban J connectivity index is 2.15. The zero-order chi connectivity index (χ0) is 9.52. The van der Waals surface area contributed by atoms with Crippen molar-refractivity contribution in [1.82, 2.24) is 4.57 Å². The predicted molar refractivity (Wildman–Crippen MR) is 57.9 cm³/mol. The van der Waals surface area contributed by atoms with Gasteiger partial charge in [0, 0.05) is 18.4 Å². The van der Waals surface area contributed by atoms with Crippen LogP contribution >= 0.6 is 0 Å². The second-order valence-corrected chi connectivity index (χ2v) is 3.83. The lowest BCUT2D eigenvalue weighted by molar-refractivity contribution is 0.474. The molecule has 1 rings (SSSR count). The van der Waals surface area contributed by atoms with Crippen LogP contribution in [0.1, 0.15) is 52.0 Å². The molecule has 0 unspecified atom stereocenters. The van der Waals surface area contributed by atoms with Gasteiger partial charge in [0.05, 0.1) is 0 Å². The molecule has 0 spiro atoms. The zero-order valence-corrected chi connectivity index (χ0v) is 8.87. The maximum atomic E-state index is 2.30. The molecule has 0 aromatic carbocycles. The van der Waals surface area contributed by atoms with Gasteiger partial charge >= 0.3 is 0 Å². The lowest BCUT2D eigenvalue weighted by atomic mass is 10.1. The number of rotatable bonds is 6. The Morgan fingerprint density at radius 1 is 1.08 bits per heavy atom. The quantitative estimate of drug-likeness (QED) is 0.581. The first-order valence-corrected chi connectivity index (χ1v) is 5.47. The Morgan fingerprint density at radius 2 is 1.77 bits per heavy atom. The van der Waals surface area contributed by atoms with Gasteiger partial charge in [0.25, 0.3) is 0 Å². The van der Waals surface area contributed by atoms with Crippen LogP contribution in [-0.2, 0) is 0 Å². The fraction of sp³-hybridized carbons (Fsp3) is 0.667. The van der Waals surface area contributed by atoms with E-state index in [0.29, 0.717) is 6.04 Å². The second-order valence-electron chi connectivity index (χ2n) is 3.83. The molecule has 0 N–H and O–H groups in total. The molecule has 1 aromatic rings. The molecule has 0 aliphatic carbocycles. The maximum Gasteiger partial charge on any atom is 0.0302 e. The normalized spacial score (nSPS) is 13.1. The minimum absolute atomic E-state index is 0.673. The van der Waals surface area contributed by atoms with Crippen molar-refractivity contribution >= 4 is 0 Å². The molecule has 0 radical (unpaired) electrons. The molecule has 0 amide bonds. The van der Waals surface area contributed by atoms with Crippen molar-refractivity contribution in [3.05, 3.63) is 24.5 Å². The largest absolute Gasteiger partial charge is 0.352 e. The first kappa shape index (κ1) is 10.4. The average molecular weight is 179 g/mol. The van der Waals surface area contributed by atoms with Crippen molar-refractivity contribution < 1.29 is 0 Å². The number of aromatic nitrogens is 1. The van der Waals surface area contributed by atoms with E-state index in [2.05, 4.69) is 42.9 Å². The molecular formula is C12H21N. The molecule has 13 heavy (non-hydrogen) atoms. The summed E-state index contributed by atoms with van der Waals surface area (Å²) in [6.07, 6.45) is 11.1. The Bertz CT molecular complexity index is 201. The molecule has 1 aromatic heterocycles. The van der Waals surface area contributed by atoms with Crippen molar-refractivity contribution in [2.45, 2.75) is 52.0 Å². The first-order valence-electron chi connectivity index (χ1n) is 5.47. The Hall–Kier alpha value is -0.720. The Kier molecular flexibility index (Phi) is 4.66. The smallest absolute Gasteiger partial charge is 0.0302 e. The molecule has 0 fully saturated rings. The molecule has 0 aliphatic heterocycles. The highest BCUT2D eigenvalue weighted by molar-refractivity contribution is 4.92. The van der Waals surface area contributed by atoms with Gasteiger partial charge < -0.3 is 4.57 Å². The highest BCUT2D eigenvalue weighted by atomic mass is 15.0. The highest BCUT2D eigenvalue weighted by Gasteiger charge is 2.01. The van der Waals surface area contributed by atoms with Gasteiger partial charge in [0.15, 0.2) is 0 Å². The SMILES string of the molecule is CCCCCC[C@H](C)n1cccc1. The summed E-state index contributed by atoms with van der Waals surface area (Å²) in [5.41, 5.74) is 0. The summed E-state index contributed by atoms with van der Waals surface area (Å²) < 4.78 is 2.30. The lowest BCUT2D eigenvalue weighted by Gasteiger charge is -2.12. The van der Waals surface area contributed by atoms with Gasteiger partial charge in [-0.3, -0.25) is 0 Å². The third-order valence-electron chi connectivity index (χ3n) is 2.61. The van der Waals surface area contributed by atoms with Crippen LogP contribution in [0.3, 0.4) is 0 Å². The van der Waals surface area contributed by atoms with Crippen LogP contribution in [0.5, 0.6) is 0 Å². The van der Waals surface area contributed by atoms with E-state index in [1.54, 1.807) is 0 Å². The van der Waals surface area contributed by atoms with Crippen LogP contribution in [0.25, 0.3) is 0 Å². The van der Waals surface area contributed by atoms with E-state index in [0.717, 1.165) is 0 Å². The van der Waals surface area contributed by atoms with E-state index in [9.17, 15) is 0 Å². The number of hydrogen-bond donors (Lipinski definition) is 0. The van der Waals surface area contributed by atoms with Crippen LogP contribution in [0.15, 0.2) is 24.5 Å². The van der Waals surface area contributed by atoms with Crippen LogP contribution in [0, 0.1) is 0 Å². The third-order valence-corrected chi connectivity index (χ3v) is 2.61. The van der Waals surface area contributed by atoms with Gasteiger partial charge in [-0.05, 0) is 25.5 Å². The van der Waals surface area contributed by atoms with Gasteiger partial charge in [-0.2, -0.15) is 0 Å². The maximum absolute atomic E-state index is 2.30. The minimum atomic E-state index is 0.673. The van der Waals surface area contributed by atoms with Gasteiger partial charge in [0.1, 0.15) is 0 Å². The molecule has 74 valence electrons. The predicted octanol–water partition coefficient (Wildman–Crippen LogP) is 4.02. The molecule has 1 heterocycles. The molecule has 0 saturated heterocycles. The van der Waals surface area contributed by atoms with Crippen LogP contribution in [-0.4, -0.2) is 4.57 Å². The summed E-state index contributed by atoms with van der Waals surface area (Å²) in [4.78, 5) is 0. The summed E-state index contributed by atoms with van der Waals surface area (Å²) in [6, 6.07) is 4.87. The lowest BCUT2D eigenvalue weighted by Crippen LogP contribution is -2.01. The third kappa shape index (κ3) is 3.67. The number of hydrogen-bond acceptors (Lipinski definition) is 0. The van der Waals surface area contributed by atoms with Crippen molar-refractivity contribution in [3.8, 4) is 0 Å². The van der Waals surface area contributed by atoms with Crippen molar-refractivity contribution in [1.29, 1.82) is 0 Å². The van der Waals surface area contributed by atoms with E-state index in [-0.39, 0.29) is 0 Å². The van der Waals surface area contributed by atoms with E-state index in [1.807, 2.05) is 0 Å². The number of unbranched alkanes of at least 4 members (excludes halogenated alkanes) is 3. The van der Waals surface area contributed by atoms with Crippen molar-refractivity contribution in [2.24, 2.45) is 0 Å². The minimum Gasteiger partial charge on any atom is -0.352 e. The van der Waals surface area contributed by atoms with E-state index in [4.69, 9.17) is 0 Å². The van der Waals surface area contributed by atoms with Gasteiger partial charge in [-0.15, -0.1) is 0 Å². The standard InChI is InChI=1S/C12H21N/c1-3-4-5-6-9-12(2)13-10-7-8-11-13/h7-8,10-12H,3-6,9H2,1-2H3/t12-/m0/s1. The molecule has 0 aliphatic rings. The van der Waals surface area contributed by atoms with Crippen molar-refractivity contribution in [3.63, 3.8) is 0 Å². The molecule has 1 nitrogen and oxygen atoms in total. The number of nitrogens with zero attached hydrogens (tertiary/aromatic N) is 1. The van der Waals surface area contributed by atoms with Gasteiger partial charge in [-0.25, -0.2) is 0 Å². The van der Waals surface area contributed by atoms with Crippen LogP contribution in [0.2, 0.25) is 0 Å². The molecule has 1 atom stereocenters. The first-order chi connectivity index (χ1) is 6.34. The molecule has 0 bridgehead atoms. The Labute approximate surface area is 81.8 Å². The fourth-order valence-corrected chi connectivity index (χ4v) is 1.66. The average Bonchev–Trinajstić information content (AvgIpc) is 2.65. The fourth-order valence-electron chi connectivity index (χ4n) is 1.66. The monoisotopic (exact) mass is 179 g/mol. The van der Waals surface area contributed by atoms with E-state index in [1.165, 1.54) is 32.1 Å².